The first-order chi connectivity index (χ1) is 15.0. The van der Waals surface area contributed by atoms with E-state index in [2.05, 4.69) is 32.0 Å². The maximum absolute atomic E-state index is 13.0. The molecule has 3 aromatic rings. The molecule has 8 heteroatoms. The van der Waals surface area contributed by atoms with Crippen molar-refractivity contribution in [3.8, 4) is 0 Å². The molecule has 166 valence electrons. The molecule has 0 spiro atoms. The van der Waals surface area contributed by atoms with E-state index >= 15 is 0 Å². The summed E-state index contributed by atoms with van der Waals surface area (Å²) in [5.41, 5.74) is 2.95. The number of likely N-dealkylation sites (tertiary alicyclic amines) is 1. The van der Waals surface area contributed by atoms with Crippen molar-refractivity contribution in [2.24, 2.45) is 5.92 Å². The van der Waals surface area contributed by atoms with Crippen molar-refractivity contribution in [3.05, 3.63) is 36.3 Å². The van der Waals surface area contributed by atoms with Crippen LogP contribution in [0.2, 0.25) is 0 Å². The van der Waals surface area contributed by atoms with E-state index in [4.69, 9.17) is 4.74 Å². The zero-order valence-electron chi connectivity index (χ0n) is 18.0. The summed E-state index contributed by atoms with van der Waals surface area (Å²) < 4.78 is 31.3. The lowest BCUT2D eigenvalue weighted by atomic mass is 9.86. The molecule has 1 saturated heterocycles. The number of fused-ring (bicyclic) bond motifs is 3. The van der Waals surface area contributed by atoms with E-state index < -0.39 is 9.84 Å². The van der Waals surface area contributed by atoms with E-state index in [1.54, 1.807) is 13.3 Å². The molecule has 2 aliphatic rings. The third kappa shape index (κ3) is 4.21. The van der Waals surface area contributed by atoms with Gasteiger partial charge in [0.05, 0.1) is 23.6 Å². The van der Waals surface area contributed by atoms with Crippen molar-refractivity contribution in [3.63, 3.8) is 0 Å². The van der Waals surface area contributed by atoms with Crippen LogP contribution in [0.5, 0.6) is 0 Å². The number of hydrogen-bond acceptors (Lipinski definition) is 6. The van der Waals surface area contributed by atoms with Gasteiger partial charge in [0.25, 0.3) is 0 Å². The van der Waals surface area contributed by atoms with E-state index in [-0.39, 0.29) is 11.1 Å². The number of aromatic amines is 1. The molecule has 0 bridgehead atoms. The third-order valence-electron chi connectivity index (χ3n) is 7.04. The number of methoxy groups -OCH3 is 1. The van der Waals surface area contributed by atoms with Gasteiger partial charge in [-0.2, -0.15) is 0 Å². The van der Waals surface area contributed by atoms with E-state index in [0.717, 1.165) is 67.1 Å². The standard InChI is InChI=1S/C23H30N4O3S/c1-30-14-16-9-11-27(13-16)15-31(28,29)18-4-2-17(3-5-18)21-7-6-19-20-8-10-24-23(20)25-12-22(19)26-21/h6-8,10,12,16-18,26H,2-5,9,11,13-15H2,1H3. The second-order valence-corrected chi connectivity index (χ2v) is 11.4. The quantitative estimate of drug-likeness (QED) is 0.629. The minimum atomic E-state index is -3.11. The van der Waals surface area contributed by atoms with Crippen molar-refractivity contribution in [1.29, 1.82) is 0 Å². The van der Waals surface area contributed by atoms with Crippen LogP contribution in [0.1, 0.15) is 43.7 Å². The lowest BCUT2D eigenvalue weighted by molar-refractivity contribution is 0.155. The largest absolute Gasteiger partial charge is 0.384 e. The van der Waals surface area contributed by atoms with Gasteiger partial charge in [0.15, 0.2) is 15.5 Å². The summed E-state index contributed by atoms with van der Waals surface area (Å²) in [6, 6.07) is 6.28. The number of aromatic nitrogens is 3. The first-order valence-electron chi connectivity index (χ1n) is 11.2. The van der Waals surface area contributed by atoms with Gasteiger partial charge in [-0.1, -0.05) is 6.07 Å². The molecule has 3 aromatic heterocycles. The molecule has 31 heavy (non-hydrogen) atoms. The highest BCUT2D eigenvalue weighted by molar-refractivity contribution is 7.91. The monoisotopic (exact) mass is 442 g/mol. The van der Waals surface area contributed by atoms with Gasteiger partial charge in [0, 0.05) is 36.3 Å². The summed E-state index contributed by atoms with van der Waals surface area (Å²) in [7, 11) is -1.40. The fourth-order valence-corrected chi connectivity index (χ4v) is 7.31. The zero-order chi connectivity index (χ0) is 21.4. The number of nitrogens with zero attached hydrogens (tertiary/aromatic N) is 3. The van der Waals surface area contributed by atoms with Crippen molar-refractivity contribution in [2.45, 2.75) is 43.3 Å². The molecule has 1 aliphatic heterocycles. The first-order valence-corrected chi connectivity index (χ1v) is 12.9. The molecular formula is C23H30N4O3S. The summed E-state index contributed by atoms with van der Waals surface area (Å²) in [5, 5.41) is 1.96. The van der Waals surface area contributed by atoms with E-state index in [9.17, 15) is 8.42 Å². The molecule has 5 rings (SSSR count). The van der Waals surface area contributed by atoms with Crippen molar-refractivity contribution in [1.82, 2.24) is 19.9 Å². The number of H-pyrrole nitrogens is 1. The topological polar surface area (TPSA) is 88.2 Å². The second-order valence-electron chi connectivity index (χ2n) is 9.13. The number of hydrogen-bond donors (Lipinski definition) is 1. The van der Waals surface area contributed by atoms with Crippen LogP contribution in [0.15, 0.2) is 30.6 Å². The highest BCUT2D eigenvalue weighted by Gasteiger charge is 2.34. The van der Waals surface area contributed by atoms with Gasteiger partial charge in [-0.15, -0.1) is 0 Å². The molecule has 2 fully saturated rings. The lowest BCUT2D eigenvalue weighted by Crippen LogP contribution is -2.36. The SMILES string of the molecule is COCC1CCN(CS(=O)(=O)C2CCC(c3ccc4c(cnc5nccc54)[nH]3)CC2)C1. The molecule has 1 N–H and O–H groups in total. The number of sulfone groups is 1. The molecule has 1 atom stereocenters. The van der Waals surface area contributed by atoms with Crippen molar-refractivity contribution >= 4 is 31.8 Å². The zero-order valence-corrected chi connectivity index (χ0v) is 18.8. The number of nitrogens with one attached hydrogen (secondary N) is 1. The molecule has 0 amide bonds. The van der Waals surface area contributed by atoms with E-state index in [0.29, 0.717) is 18.4 Å². The number of pyridine rings is 2. The van der Waals surface area contributed by atoms with Crippen LogP contribution >= 0.6 is 0 Å². The van der Waals surface area contributed by atoms with Gasteiger partial charge < -0.3 is 9.72 Å². The molecule has 7 nitrogen and oxygen atoms in total. The Balaban J connectivity index is 1.23. The summed E-state index contributed by atoms with van der Waals surface area (Å²) in [6.07, 6.45) is 7.91. The number of ether oxygens (including phenoxy) is 1. The van der Waals surface area contributed by atoms with Crippen LogP contribution in [0.3, 0.4) is 0 Å². The Bertz CT molecular complexity index is 1170. The molecule has 1 unspecified atom stereocenters. The summed E-state index contributed by atoms with van der Waals surface area (Å²) in [5.74, 6) is 1.02. The fraction of sp³-hybridized carbons (Fsp3) is 0.565. The van der Waals surface area contributed by atoms with Crippen molar-refractivity contribution in [2.75, 3.05) is 32.7 Å². The van der Waals surface area contributed by atoms with Crippen LogP contribution in [-0.2, 0) is 14.6 Å². The molecular weight excluding hydrogens is 412 g/mol. The highest BCUT2D eigenvalue weighted by atomic mass is 32.2. The first kappa shape index (κ1) is 20.8. The Morgan fingerprint density at radius 3 is 2.74 bits per heavy atom. The Kier molecular flexibility index (Phi) is 5.71. The van der Waals surface area contributed by atoms with Gasteiger partial charge in [0.2, 0.25) is 0 Å². The predicted molar refractivity (Wildman–Crippen MR) is 122 cm³/mol. The van der Waals surface area contributed by atoms with E-state index in [1.807, 2.05) is 12.3 Å². The molecule has 4 heterocycles. The Labute approximate surface area is 183 Å². The Hall–Kier alpha value is -2.03. The molecule has 1 saturated carbocycles. The van der Waals surface area contributed by atoms with E-state index in [1.165, 1.54) is 5.69 Å². The fourth-order valence-electron chi connectivity index (χ4n) is 5.36. The smallest absolute Gasteiger partial charge is 0.166 e. The average molecular weight is 443 g/mol. The Morgan fingerprint density at radius 2 is 1.94 bits per heavy atom. The number of rotatable bonds is 6. The minimum Gasteiger partial charge on any atom is -0.384 e. The highest BCUT2D eigenvalue weighted by Crippen LogP contribution is 2.36. The Morgan fingerprint density at radius 1 is 1.10 bits per heavy atom. The summed E-state index contributed by atoms with van der Waals surface area (Å²) in [6.45, 7) is 2.40. The lowest BCUT2D eigenvalue weighted by Gasteiger charge is -2.30. The second kappa shape index (κ2) is 8.48. The van der Waals surface area contributed by atoms with Crippen LogP contribution in [0.25, 0.3) is 21.9 Å². The summed E-state index contributed by atoms with van der Waals surface area (Å²) in [4.78, 5) is 14.3. The van der Waals surface area contributed by atoms with Gasteiger partial charge in [-0.3, -0.25) is 4.90 Å². The van der Waals surface area contributed by atoms with Gasteiger partial charge in [0.1, 0.15) is 5.88 Å². The van der Waals surface area contributed by atoms with Gasteiger partial charge in [-0.05, 0) is 62.6 Å². The molecule has 1 aliphatic carbocycles. The molecule has 0 aromatic carbocycles. The van der Waals surface area contributed by atoms with Crippen LogP contribution in [0, 0.1) is 5.92 Å². The van der Waals surface area contributed by atoms with Gasteiger partial charge >= 0.3 is 0 Å². The predicted octanol–water partition coefficient (Wildman–Crippen LogP) is 3.48. The van der Waals surface area contributed by atoms with Crippen LogP contribution in [0.4, 0.5) is 0 Å². The summed E-state index contributed by atoms with van der Waals surface area (Å²) >= 11 is 0. The average Bonchev–Trinajstić information content (AvgIpc) is 3.43. The van der Waals surface area contributed by atoms with Gasteiger partial charge in [-0.25, -0.2) is 18.4 Å². The maximum atomic E-state index is 13.0. The normalized spacial score (nSPS) is 25.5. The van der Waals surface area contributed by atoms with Crippen molar-refractivity contribution < 1.29 is 13.2 Å². The van der Waals surface area contributed by atoms with Crippen LogP contribution in [-0.4, -0.2) is 66.2 Å². The maximum Gasteiger partial charge on any atom is 0.166 e. The third-order valence-corrected chi connectivity index (χ3v) is 9.25. The van der Waals surface area contributed by atoms with Crippen LogP contribution < -0.4 is 0 Å². The molecule has 0 radical (unpaired) electrons. The minimum absolute atomic E-state index is 0.194.